The molecule has 1 aliphatic rings. The second-order valence-corrected chi connectivity index (χ2v) is 6.50. The van der Waals surface area contributed by atoms with Crippen LogP contribution in [0.25, 0.3) is 11.3 Å². The molecule has 22 heavy (non-hydrogen) atoms. The maximum absolute atomic E-state index is 12.4. The van der Waals surface area contributed by atoms with E-state index in [1.54, 1.807) is 0 Å². The van der Waals surface area contributed by atoms with Crippen LogP contribution in [0.3, 0.4) is 0 Å². The van der Waals surface area contributed by atoms with Crippen LogP contribution in [0.2, 0.25) is 0 Å². The van der Waals surface area contributed by atoms with Gasteiger partial charge < -0.3 is 10.3 Å². The van der Waals surface area contributed by atoms with Crippen molar-refractivity contribution in [2.75, 3.05) is 19.6 Å². The zero-order valence-corrected chi connectivity index (χ0v) is 13.2. The van der Waals surface area contributed by atoms with Crippen molar-refractivity contribution in [3.63, 3.8) is 0 Å². The second kappa shape index (κ2) is 6.07. The minimum Gasteiger partial charge on any atom is -0.322 e. The summed E-state index contributed by atoms with van der Waals surface area (Å²) in [5, 5.41) is 3.41. The number of benzene rings is 1. The van der Waals surface area contributed by atoms with E-state index in [0.29, 0.717) is 6.54 Å². The van der Waals surface area contributed by atoms with Crippen LogP contribution in [0.5, 0.6) is 0 Å². The fraction of sp³-hybridized carbons (Fsp3) is 0.389. The molecule has 1 saturated heterocycles. The minimum absolute atomic E-state index is 0.00989. The molecule has 0 aliphatic carbocycles. The highest BCUT2D eigenvalue weighted by atomic mass is 16.1. The third kappa shape index (κ3) is 3.13. The first-order chi connectivity index (χ1) is 10.6. The van der Waals surface area contributed by atoms with Crippen molar-refractivity contribution in [2.24, 2.45) is 0 Å². The Morgan fingerprint density at radius 2 is 1.91 bits per heavy atom. The quantitative estimate of drug-likeness (QED) is 0.913. The summed E-state index contributed by atoms with van der Waals surface area (Å²) in [5.74, 6) is 0. The number of rotatable bonds is 3. The van der Waals surface area contributed by atoms with Crippen molar-refractivity contribution in [1.29, 1.82) is 0 Å². The second-order valence-electron chi connectivity index (χ2n) is 6.50. The minimum atomic E-state index is 0.00989. The third-order valence-corrected chi connectivity index (χ3v) is 4.41. The number of hydrogen-bond donors (Lipinski definition) is 2. The maximum atomic E-state index is 12.4. The number of piperazine rings is 1. The molecule has 0 unspecified atom stereocenters. The Hall–Kier alpha value is -1.91. The van der Waals surface area contributed by atoms with Crippen molar-refractivity contribution < 1.29 is 0 Å². The van der Waals surface area contributed by atoms with Gasteiger partial charge in [-0.1, -0.05) is 36.4 Å². The van der Waals surface area contributed by atoms with Crippen LogP contribution in [-0.2, 0) is 6.54 Å². The van der Waals surface area contributed by atoms with E-state index in [2.05, 4.69) is 29.0 Å². The van der Waals surface area contributed by atoms with Crippen molar-refractivity contribution in [3.8, 4) is 11.3 Å². The molecule has 1 aliphatic heterocycles. The maximum Gasteiger partial charge on any atom is 0.252 e. The topological polar surface area (TPSA) is 48.1 Å². The van der Waals surface area contributed by atoms with E-state index in [0.717, 1.165) is 36.5 Å². The summed E-state index contributed by atoms with van der Waals surface area (Å²) in [6.07, 6.45) is 0. The molecule has 0 spiro atoms. The van der Waals surface area contributed by atoms with Gasteiger partial charge in [0, 0.05) is 43.0 Å². The molecule has 2 N–H and O–H groups in total. The average Bonchev–Trinajstić information content (AvgIpc) is 2.52. The van der Waals surface area contributed by atoms with Crippen LogP contribution in [-0.4, -0.2) is 35.1 Å². The molecule has 3 rings (SSSR count). The van der Waals surface area contributed by atoms with Gasteiger partial charge in [0.05, 0.1) is 0 Å². The average molecular weight is 297 g/mol. The zero-order chi connectivity index (χ0) is 15.6. The smallest absolute Gasteiger partial charge is 0.252 e. The van der Waals surface area contributed by atoms with Gasteiger partial charge >= 0.3 is 0 Å². The summed E-state index contributed by atoms with van der Waals surface area (Å²) >= 11 is 0. The highest BCUT2D eigenvalue weighted by molar-refractivity contribution is 5.58. The number of nitrogens with zero attached hydrogens (tertiary/aromatic N) is 1. The van der Waals surface area contributed by atoms with Crippen molar-refractivity contribution >= 4 is 0 Å². The first-order valence-corrected chi connectivity index (χ1v) is 7.80. The Kier molecular flexibility index (Phi) is 4.14. The fourth-order valence-electron chi connectivity index (χ4n) is 2.94. The molecule has 2 aromatic rings. The van der Waals surface area contributed by atoms with Crippen LogP contribution in [0, 0.1) is 0 Å². The lowest BCUT2D eigenvalue weighted by Crippen LogP contribution is -2.57. The van der Waals surface area contributed by atoms with Crippen LogP contribution in [0.15, 0.2) is 47.3 Å². The van der Waals surface area contributed by atoms with Gasteiger partial charge in [-0.3, -0.25) is 9.69 Å². The lowest BCUT2D eigenvalue weighted by molar-refractivity contribution is 0.0823. The molecule has 0 saturated carbocycles. The van der Waals surface area contributed by atoms with Gasteiger partial charge in [0.25, 0.3) is 5.56 Å². The zero-order valence-electron chi connectivity index (χ0n) is 13.2. The van der Waals surface area contributed by atoms with E-state index in [9.17, 15) is 4.79 Å². The highest BCUT2D eigenvalue weighted by Gasteiger charge is 2.29. The Balaban J connectivity index is 1.83. The molecule has 116 valence electrons. The van der Waals surface area contributed by atoms with Gasteiger partial charge in [0.15, 0.2) is 0 Å². The standard InChI is InChI=1S/C18H23N3O/c1-18(2)13-19-10-11-21(18)12-15-8-9-16(20-17(15)22)14-6-4-3-5-7-14/h3-9,19H,10-13H2,1-2H3,(H,20,22). The van der Waals surface area contributed by atoms with Gasteiger partial charge in [-0.25, -0.2) is 0 Å². The molecule has 0 radical (unpaired) electrons. The Labute approximate surface area is 131 Å². The van der Waals surface area contributed by atoms with E-state index < -0.39 is 0 Å². The normalized spacial score (nSPS) is 18.3. The van der Waals surface area contributed by atoms with Crippen molar-refractivity contribution in [3.05, 3.63) is 58.4 Å². The molecule has 1 fully saturated rings. The van der Waals surface area contributed by atoms with E-state index in [1.807, 2.05) is 42.5 Å². The molecular weight excluding hydrogens is 274 g/mol. The SMILES string of the molecule is CC1(C)CNCCN1Cc1ccc(-c2ccccc2)[nH]c1=O. The van der Waals surface area contributed by atoms with Gasteiger partial charge in [0.1, 0.15) is 0 Å². The van der Waals surface area contributed by atoms with E-state index in [1.165, 1.54) is 0 Å². The summed E-state index contributed by atoms with van der Waals surface area (Å²) in [6, 6.07) is 13.9. The molecule has 1 aromatic carbocycles. The fourth-order valence-corrected chi connectivity index (χ4v) is 2.94. The van der Waals surface area contributed by atoms with Gasteiger partial charge in [-0.05, 0) is 25.5 Å². The lowest BCUT2D eigenvalue weighted by atomic mass is 9.99. The van der Waals surface area contributed by atoms with Crippen LogP contribution in [0.1, 0.15) is 19.4 Å². The highest BCUT2D eigenvalue weighted by Crippen LogP contribution is 2.19. The van der Waals surface area contributed by atoms with Crippen LogP contribution < -0.4 is 10.9 Å². The molecule has 0 atom stereocenters. The predicted octanol–water partition coefficient (Wildman–Crippen LogP) is 2.23. The first-order valence-electron chi connectivity index (χ1n) is 7.80. The van der Waals surface area contributed by atoms with Crippen molar-refractivity contribution in [1.82, 2.24) is 15.2 Å². The first kappa shape index (κ1) is 15.0. The molecule has 0 bridgehead atoms. The molecule has 4 heteroatoms. The molecule has 2 heterocycles. The number of aromatic amines is 1. The number of hydrogen-bond acceptors (Lipinski definition) is 3. The molecule has 0 amide bonds. The third-order valence-electron chi connectivity index (χ3n) is 4.41. The molecular formula is C18H23N3O. The Morgan fingerprint density at radius 3 is 2.59 bits per heavy atom. The van der Waals surface area contributed by atoms with Crippen LogP contribution >= 0.6 is 0 Å². The van der Waals surface area contributed by atoms with Gasteiger partial charge in [-0.15, -0.1) is 0 Å². The number of aromatic nitrogens is 1. The van der Waals surface area contributed by atoms with Crippen molar-refractivity contribution in [2.45, 2.75) is 25.9 Å². The van der Waals surface area contributed by atoms with Crippen LogP contribution in [0.4, 0.5) is 0 Å². The van der Waals surface area contributed by atoms with E-state index in [4.69, 9.17) is 0 Å². The summed E-state index contributed by atoms with van der Waals surface area (Å²) in [7, 11) is 0. The number of nitrogens with one attached hydrogen (secondary N) is 2. The summed E-state index contributed by atoms with van der Waals surface area (Å²) < 4.78 is 0. The Morgan fingerprint density at radius 1 is 1.14 bits per heavy atom. The van der Waals surface area contributed by atoms with E-state index in [-0.39, 0.29) is 11.1 Å². The Bertz CT molecular complexity index is 691. The monoisotopic (exact) mass is 297 g/mol. The largest absolute Gasteiger partial charge is 0.322 e. The molecule has 1 aromatic heterocycles. The van der Waals surface area contributed by atoms with Gasteiger partial charge in [0.2, 0.25) is 0 Å². The summed E-state index contributed by atoms with van der Waals surface area (Å²) in [6.45, 7) is 8.01. The molecule has 4 nitrogen and oxygen atoms in total. The predicted molar refractivity (Wildman–Crippen MR) is 89.9 cm³/mol. The number of H-pyrrole nitrogens is 1. The number of pyridine rings is 1. The summed E-state index contributed by atoms with van der Waals surface area (Å²) in [4.78, 5) is 17.8. The van der Waals surface area contributed by atoms with E-state index >= 15 is 0 Å². The summed E-state index contributed by atoms with van der Waals surface area (Å²) in [5.41, 5.74) is 2.82. The van der Waals surface area contributed by atoms with Gasteiger partial charge in [-0.2, -0.15) is 0 Å². The lowest BCUT2D eigenvalue weighted by Gasteiger charge is -2.42.